The number of rotatable bonds is 5. The lowest BCUT2D eigenvalue weighted by molar-refractivity contribution is -0.128. The van der Waals surface area contributed by atoms with E-state index in [9.17, 15) is 4.79 Å². The highest BCUT2D eigenvalue weighted by molar-refractivity contribution is 8.01. The average molecular weight is 352 g/mol. The van der Waals surface area contributed by atoms with E-state index in [0.29, 0.717) is 28.4 Å². The van der Waals surface area contributed by atoms with Crippen LogP contribution in [0, 0.1) is 0 Å². The summed E-state index contributed by atoms with van der Waals surface area (Å²) < 4.78 is 12.2. The van der Waals surface area contributed by atoms with Gasteiger partial charge >= 0.3 is 0 Å². The maximum Gasteiger partial charge on any atom is 0.232 e. The lowest BCUT2D eigenvalue weighted by atomic mass is 10.2. The molecule has 2 heterocycles. The van der Waals surface area contributed by atoms with Crippen molar-refractivity contribution >= 4 is 34.1 Å². The Morgan fingerprint density at radius 1 is 1.43 bits per heavy atom. The summed E-state index contributed by atoms with van der Waals surface area (Å²) in [6, 6.07) is 7.52. The summed E-state index contributed by atoms with van der Waals surface area (Å²) >= 11 is 2.60. The summed E-state index contributed by atoms with van der Waals surface area (Å²) in [5.74, 6) is 1.73. The standard InChI is InChI=1S/C14H16N4O3S2/c1-18(12(19)8-22-14-17-16-13(15)23-14)6-9-7-20-10-4-2-3-5-11(10)21-9/h2-5,9H,6-8H2,1H3,(H2,15,16)/t9-/m1/s1. The molecule has 1 aliphatic rings. The van der Waals surface area contributed by atoms with Gasteiger partial charge in [0.2, 0.25) is 11.0 Å². The lowest BCUT2D eigenvalue weighted by Crippen LogP contribution is -2.42. The number of ether oxygens (including phenoxy) is 2. The van der Waals surface area contributed by atoms with Gasteiger partial charge in [0.1, 0.15) is 6.61 Å². The monoisotopic (exact) mass is 352 g/mol. The number of amides is 1. The molecule has 0 unspecified atom stereocenters. The first-order valence-electron chi connectivity index (χ1n) is 6.96. The molecule has 0 radical (unpaired) electrons. The van der Waals surface area contributed by atoms with E-state index in [-0.39, 0.29) is 17.8 Å². The number of fused-ring (bicyclic) bond motifs is 1. The quantitative estimate of drug-likeness (QED) is 0.816. The van der Waals surface area contributed by atoms with Gasteiger partial charge in [-0.05, 0) is 12.1 Å². The second-order valence-electron chi connectivity index (χ2n) is 4.97. The van der Waals surface area contributed by atoms with Gasteiger partial charge in [-0.2, -0.15) is 0 Å². The highest BCUT2D eigenvalue weighted by Gasteiger charge is 2.23. The summed E-state index contributed by atoms with van der Waals surface area (Å²) in [7, 11) is 1.75. The van der Waals surface area contributed by atoms with Crippen molar-refractivity contribution in [3.63, 3.8) is 0 Å². The van der Waals surface area contributed by atoms with Crippen LogP contribution >= 0.6 is 23.1 Å². The Kier molecular flexibility index (Phi) is 4.87. The predicted molar refractivity (Wildman–Crippen MR) is 89.0 cm³/mol. The van der Waals surface area contributed by atoms with E-state index in [4.69, 9.17) is 15.2 Å². The molecular formula is C14H16N4O3S2. The molecule has 0 saturated carbocycles. The van der Waals surface area contributed by atoms with Crippen LogP contribution in [0.15, 0.2) is 28.6 Å². The van der Waals surface area contributed by atoms with Crippen molar-refractivity contribution in [3.05, 3.63) is 24.3 Å². The minimum atomic E-state index is -0.180. The maximum atomic E-state index is 12.2. The van der Waals surface area contributed by atoms with Crippen LogP contribution in [0.4, 0.5) is 5.13 Å². The van der Waals surface area contributed by atoms with Gasteiger partial charge in [0, 0.05) is 7.05 Å². The molecule has 7 nitrogen and oxygen atoms in total. The first kappa shape index (κ1) is 15.9. The van der Waals surface area contributed by atoms with E-state index < -0.39 is 0 Å². The number of hydrogen-bond acceptors (Lipinski definition) is 8. The molecular weight excluding hydrogens is 336 g/mol. The number of likely N-dealkylation sites (N-methyl/N-ethyl adjacent to an activating group) is 1. The smallest absolute Gasteiger partial charge is 0.232 e. The first-order valence-corrected chi connectivity index (χ1v) is 8.76. The molecule has 0 saturated heterocycles. The Morgan fingerprint density at radius 2 is 2.22 bits per heavy atom. The van der Waals surface area contributed by atoms with Crippen molar-refractivity contribution in [1.29, 1.82) is 0 Å². The molecule has 2 N–H and O–H groups in total. The molecule has 0 bridgehead atoms. The highest BCUT2D eigenvalue weighted by atomic mass is 32.2. The van der Waals surface area contributed by atoms with Crippen LogP contribution in [-0.2, 0) is 4.79 Å². The second-order valence-corrected chi connectivity index (χ2v) is 7.20. The van der Waals surface area contributed by atoms with E-state index in [1.165, 1.54) is 23.1 Å². The zero-order chi connectivity index (χ0) is 16.2. The summed E-state index contributed by atoms with van der Waals surface area (Å²) in [4.78, 5) is 13.8. The van der Waals surface area contributed by atoms with Crippen molar-refractivity contribution < 1.29 is 14.3 Å². The third-order valence-corrected chi connectivity index (χ3v) is 5.08. The van der Waals surface area contributed by atoms with Crippen LogP contribution in [0.25, 0.3) is 0 Å². The minimum Gasteiger partial charge on any atom is -0.486 e. The minimum absolute atomic E-state index is 0.00812. The number of carbonyl (C=O) groups is 1. The Hall–Kier alpha value is -2.00. The molecule has 23 heavy (non-hydrogen) atoms. The third kappa shape index (κ3) is 4.05. The van der Waals surface area contributed by atoms with E-state index in [2.05, 4.69) is 10.2 Å². The number of aromatic nitrogens is 2. The van der Waals surface area contributed by atoms with E-state index in [0.717, 1.165) is 5.75 Å². The molecule has 1 amide bonds. The summed E-state index contributed by atoms with van der Waals surface area (Å²) in [6.07, 6.45) is -0.180. The number of nitrogen functional groups attached to an aromatic ring is 1. The van der Waals surface area contributed by atoms with Crippen LogP contribution in [0.3, 0.4) is 0 Å². The van der Waals surface area contributed by atoms with Gasteiger partial charge in [-0.3, -0.25) is 4.79 Å². The molecule has 122 valence electrons. The van der Waals surface area contributed by atoms with Gasteiger partial charge in [-0.15, -0.1) is 10.2 Å². The summed E-state index contributed by atoms with van der Waals surface area (Å²) in [5, 5.41) is 8.00. The largest absolute Gasteiger partial charge is 0.486 e. The summed E-state index contributed by atoms with van der Waals surface area (Å²) in [6.45, 7) is 0.890. The normalized spacial score (nSPS) is 16.1. The number of nitrogens with zero attached hydrogens (tertiary/aromatic N) is 3. The number of hydrogen-bond donors (Lipinski definition) is 1. The SMILES string of the molecule is CN(C[C@@H]1COc2ccccc2O1)C(=O)CSc1nnc(N)s1. The fraction of sp³-hybridized carbons (Fsp3) is 0.357. The Balaban J connectivity index is 1.49. The number of para-hydroxylation sites is 2. The predicted octanol–water partition coefficient (Wildman–Crippen LogP) is 1.51. The van der Waals surface area contributed by atoms with Gasteiger partial charge in [-0.1, -0.05) is 35.2 Å². The Morgan fingerprint density at radius 3 is 2.96 bits per heavy atom. The topological polar surface area (TPSA) is 90.6 Å². The molecule has 1 aromatic heterocycles. The van der Waals surface area contributed by atoms with Crippen molar-refractivity contribution in [2.24, 2.45) is 0 Å². The van der Waals surface area contributed by atoms with E-state index >= 15 is 0 Å². The lowest BCUT2D eigenvalue weighted by Gasteiger charge is -2.29. The van der Waals surface area contributed by atoms with Gasteiger partial charge in [0.05, 0.1) is 12.3 Å². The maximum absolute atomic E-state index is 12.2. The summed E-state index contributed by atoms with van der Waals surface area (Å²) in [5.41, 5.74) is 5.51. The molecule has 1 aromatic carbocycles. The molecule has 2 aromatic rings. The molecule has 9 heteroatoms. The van der Waals surface area contributed by atoms with Gasteiger partial charge in [0.25, 0.3) is 0 Å². The number of nitrogens with two attached hydrogens (primary N) is 1. The molecule has 3 rings (SSSR count). The fourth-order valence-corrected chi connectivity index (χ4v) is 3.65. The number of thioether (sulfide) groups is 1. The number of carbonyl (C=O) groups excluding carboxylic acids is 1. The molecule has 0 spiro atoms. The first-order chi connectivity index (χ1) is 11.1. The molecule has 1 atom stereocenters. The highest BCUT2D eigenvalue weighted by Crippen LogP contribution is 2.31. The zero-order valence-corrected chi connectivity index (χ0v) is 14.1. The molecule has 0 fully saturated rings. The van der Waals surface area contributed by atoms with Gasteiger partial charge in [-0.25, -0.2) is 0 Å². The second kappa shape index (κ2) is 7.05. The fourth-order valence-electron chi connectivity index (χ4n) is 2.07. The van der Waals surface area contributed by atoms with Crippen LogP contribution in [0.2, 0.25) is 0 Å². The zero-order valence-electron chi connectivity index (χ0n) is 12.5. The van der Waals surface area contributed by atoms with Crippen molar-refractivity contribution in [2.75, 3.05) is 31.7 Å². The average Bonchev–Trinajstić information content (AvgIpc) is 2.98. The van der Waals surface area contributed by atoms with Gasteiger partial charge < -0.3 is 20.1 Å². The molecule has 1 aliphatic heterocycles. The van der Waals surface area contributed by atoms with Crippen molar-refractivity contribution in [2.45, 2.75) is 10.4 Å². The van der Waals surface area contributed by atoms with Crippen molar-refractivity contribution in [3.8, 4) is 11.5 Å². The van der Waals surface area contributed by atoms with Crippen LogP contribution in [0.5, 0.6) is 11.5 Å². The Bertz CT molecular complexity index is 694. The van der Waals surface area contributed by atoms with E-state index in [1.807, 2.05) is 24.3 Å². The number of anilines is 1. The van der Waals surface area contributed by atoms with Gasteiger partial charge in [0.15, 0.2) is 21.9 Å². The third-order valence-electron chi connectivity index (χ3n) is 3.21. The Labute approximate surface area is 141 Å². The molecule has 0 aliphatic carbocycles. The van der Waals surface area contributed by atoms with Crippen molar-refractivity contribution in [1.82, 2.24) is 15.1 Å². The van der Waals surface area contributed by atoms with E-state index in [1.54, 1.807) is 11.9 Å². The number of benzene rings is 1. The van der Waals surface area contributed by atoms with Crippen LogP contribution in [0.1, 0.15) is 0 Å². The van der Waals surface area contributed by atoms with Crippen LogP contribution in [-0.4, -0.2) is 53.1 Å². The van der Waals surface area contributed by atoms with Crippen LogP contribution < -0.4 is 15.2 Å².